The van der Waals surface area contributed by atoms with Gasteiger partial charge in [-0.05, 0) is 75.1 Å². The second kappa shape index (κ2) is 8.75. The van der Waals surface area contributed by atoms with Crippen molar-refractivity contribution >= 4 is 23.0 Å². The second-order valence-electron chi connectivity index (χ2n) is 6.93. The lowest BCUT2D eigenvalue weighted by molar-refractivity contribution is -0.116. The third kappa shape index (κ3) is 4.57. The molecule has 1 N–H and O–H groups in total. The summed E-state index contributed by atoms with van der Waals surface area (Å²) in [6.07, 6.45) is 3.90. The molecule has 138 valence electrons. The number of rotatable bonds is 6. The third-order valence-electron chi connectivity index (χ3n) is 4.96. The Morgan fingerprint density at radius 2 is 1.81 bits per heavy atom. The molecule has 0 aromatic heterocycles. The van der Waals surface area contributed by atoms with Gasteiger partial charge in [-0.15, -0.1) is 0 Å². The van der Waals surface area contributed by atoms with Crippen molar-refractivity contribution in [1.82, 2.24) is 0 Å². The number of benzene rings is 2. The van der Waals surface area contributed by atoms with Gasteiger partial charge in [-0.25, -0.2) is 0 Å². The van der Waals surface area contributed by atoms with Crippen molar-refractivity contribution in [2.75, 3.05) is 41.3 Å². The minimum atomic E-state index is 0.0817. The zero-order valence-electron chi connectivity index (χ0n) is 15.9. The van der Waals surface area contributed by atoms with Gasteiger partial charge in [0.2, 0.25) is 5.91 Å². The molecule has 0 aliphatic carbocycles. The quantitative estimate of drug-likeness (QED) is 0.835. The number of nitrogens with one attached hydrogen (secondary N) is 1. The van der Waals surface area contributed by atoms with Crippen molar-refractivity contribution < 1.29 is 4.79 Å². The minimum Gasteiger partial charge on any atom is -0.376 e. The summed E-state index contributed by atoms with van der Waals surface area (Å²) in [7, 11) is 0. The normalized spacial score (nSPS) is 14.2. The van der Waals surface area contributed by atoms with E-state index in [0.29, 0.717) is 13.1 Å². The van der Waals surface area contributed by atoms with E-state index in [4.69, 9.17) is 0 Å². The molecule has 0 unspecified atom stereocenters. The number of likely N-dealkylation sites (N-methyl/N-ethyl adjacent to an activating group) is 1. The highest BCUT2D eigenvalue weighted by Gasteiger charge is 2.14. The van der Waals surface area contributed by atoms with Crippen molar-refractivity contribution in [3.8, 4) is 0 Å². The van der Waals surface area contributed by atoms with Crippen LogP contribution in [-0.2, 0) is 4.79 Å². The molecule has 2 aromatic carbocycles. The predicted octanol–water partition coefficient (Wildman–Crippen LogP) is 4.45. The van der Waals surface area contributed by atoms with Crippen LogP contribution in [0.2, 0.25) is 0 Å². The van der Waals surface area contributed by atoms with Crippen LogP contribution < -0.4 is 15.1 Å². The fourth-order valence-electron chi connectivity index (χ4n) is 3.51. The van der Waals surface area contributed by atoms with Crippen LogP contribution in [-0.4, -0.2) is 32.1 Å². The largest absolute Gasteiger partial charge is 0.376 e. The smallest absolute Gasteiger partial charge is 0.246 e. The maximum Gasteiger partial charge on any atom is 0.246 e. The fourth-order valence-corrected chi connectivity index (χ4v) is 3.51. The van der Waals surface area contributed by atoms with E-state index in [0.717, 1.165) is 30.0 Å². The molecule has 1 aliphatic rings. The zero-order chi connectivity index (χ0) is 18.4. The second-order valence-corrected chi connectivity index (χ2v) is 6.93. The van der Waals surface area contributed by atoms with Crippen LogP contribution in [0, 0.1) is 6.92 Å². The number of amides is 1. The maximum atomic E-state index is 12.6. The molecule has 0 spiro atoms. The Bertz CT molecular complexity index is 720. The first-order valence-corrected chi connectivity index (χ1v) is 9.63. The van der Waals surface area contributed by atoms with E-state index >= 15 is 0 Å². The van der Waals surface area contributed by atoms with Gasteiger partial charge in [0.05, 0.1) is 6.54 Å². The van der Waals surface area contributed by atoms with Gasteiger partial charge in [-0.3, -0.25) is 4.79 Å². The van der Waals surface area contributed by atoms with Gasteiger partial charge in [-0.1, -0.05) is 12.1 Å². The molecule has 0 bridgehead atoms. The molecular formula is C22H29N3O. The molecule has 1 fully saturated rings. The Labute approximate surface area is 156 Å². The average molecular weight is 351 g/mol. The van der Waals surface area contributed by atoms with Crippen LogP contribution in [0.4, 0.5) is 17.1 Å². The van der Waals surface area contributed by atoms with Crippen LogP contribution in [0.25, 0.3) is 0 Å². The van der Waals surface area contributed by atoms with E-state index in [1.807, 2.05) is 36.9 Å². The molecule has 3 rings (SSSR count). The number of hydrogen-bond acceptors (Lipinski definition) is 3. The molecule has 1 aliphatic heterocycles. The van der Waals surface area contributed by atoms with Crippen LogP contribution in [0.1, 0.15) is 31.7 Å². The summed E-state index contributed by atoms with van der Waals surface area (Å²) in [6.45, 7) is 7.31. The monoisotopic (exact) mass is 351 g/mol. The highest BCUT2D eigenvalue weighted by molar-refractivity contribution is 5.96. The number of piperidine rings is 1. The van der Waals surface area contributed by atoms with Crippen molar-refractivity contribution in [1.29, 1.82) is 0 Å². The Morgan fingerprint density at radius 3 is 2.46 bits per heavy atom. The summed E-state index contributed by atoms with van der Waals surface area (Å²) >= 11 is 0. The van der Waals surface area contributed by atoms with Crippen molar-refractivity contribution in [3.63, 3.8) is 0 Å². The van der Waals surface area contributed by atoms with E-state index in [2.05, 4.69) is 40.5 Å². The molecule has 0 atom stereocenters. The highest BCUT2D eigenvalue weighted by atomic mass is 16.2. The number of aryl methyl sites for hydroxylation is 1. The molecule has 4 nitrogen and oxygen atoms in total. The summed E-state index contributed by atoms with van der Waals surface area (Å²) < 4.78 is 0. The van der Waals surface area contributed by atoms with Gasteiger partial charge < -0.3 is 15.1 Å². The third-order valence-corrected chi connectivity index (χ3v) is 4.96. The van der Waals surface area contributed by atoms with Gasteiger partial charge >= 0.3 is 0 Å². The van der Waals surface area contributed by atoms with Gasteiger partial charge in [0.1, 0.15) is 0 Å². The van der Waals surface area contributed by atoms with Crippen LogP contribution in [0.3, 0.4) is 0 Å². The number of hydrogen-bond donors (Lipinski definition) is 1. The molecule has 0 radical (unpaired) electrons. The topological polar surface area (TPSA) is 35.6 Å². The SMILES string of the molecule is CCN(C(=O)CNc1ccc(N2CCCCC2)cc1)c1cccc(C)c1. The Kier molecular flexibility index (Phi) is 6.16. The first-order chi connectivity index (χ1) is 12.7. The predicted molar refractivity (Wildman–Crippen MR) is 110 cm³/mol. The van der Waals surface area contributed by atoms with Gasteiger partial charge in [0.15, 0.2) is 0 Å². The fraction of sp³-hybridized carbons (Fsp3) is 0.409. The lowest BCUT2D eigenvalue weighted by Gasteiger charge is -2.29. The van der Waals surface area contributed by atoms with Crippen molar-refractivity contribution in [3.05, 3.63) is 54.1 Å². The van der Waals surface area contributed by atoms with E-state index in [9.17, 15) is 4.79 Å². The summed E-state index contributed by atoms with van der Waals surface area (Å²) in [6, 6.07) is 16.5. The summed E-state index contributed by atoms with van der Waals surface area (Å²) in [5, 5.41) is 3.26. The molecule has 26 heavy (non-hydrogen) atoms. The maximum absolute atomic E-state index is 12.6. The molecular weight excluding hydrogens is 322 g/mol. The molecule has 4 heteroatoms. The Hall–Kier alpha value is -2.49. The van der Waals surface area contributed by atoms with E-state index < -0.39 is 0 Å². The first kappa shape index (κ1) is 18.3. The van der Waals surface area contributed by atoms with Crippen molar-refractivity contribution in [2.45, 2.75) is 33.1 Å². The Morgan fingerprint density at radius 1 is 1.08 bits per heavy atom. The van der Waals surface area contributed by atoms with Crippen molar-refractivity contribution in [2.24, 2.45) is 0 Å². The van der Waals surface area contributed by atoms with Crippen LogP contribution in [0.5, 0.6) is 0 Å². The zero-order valence-corrected chi connectivity index (χ0v) is 15.9. The number of carbonyl (C=O) groups excluding carboxylic acids is 1. The van der Waals surface area contributed by atoms with E-state index in [1.54, 1.807) is 0 Å². The van der Waals surface area contributed by atoms with Gasteiger partial charge in [0, 0.05) is 36.7 Å². The Balaban J connectivity index is 1.58. The average Bonchev–Trinajstić information content (AvgIpc) is 2.68. The lowest BCUT2D eigenvalue weighted by atomic mass is 10.1. The van der Waals surface area contributed by atoms with Crippen LogP contribution in [0.15, 0.2) is 48.5 Å². The molecule has 0 saturated carbocycles. The minimum absolute atomic E-state index is 0.0817. The standard InChI is InChI=1S/C22H29N3O/c1-3-25(21-9-7-8-18(2)16-21)22(26)17-23-19-10-12-20(13-11-19)24-14-5-4-6-15-24/h7-13,16,23H,3-6,14-15,17H2,1-2H3. The highest BCUT2D eigenvalue weighted by Crippen LogP contribution is 2.22. The summed E-state index contributed by atoms with van der Waals surface area (Å²) in [5.41, 5.74) is 4.38. The van der Waals surface area contributed by atoms with Gasteiger partial charge in [0.25, 0.3) is 0 Å². The molecule has 1 amide bonds. The van der Waals surface area contributed by atoms with E-state index in [-0.39, 0.29) is 5.91 Å². The first-order valence-electron chi connectivity index (χ1n) is 9.63. The van der Waals surface area contributed by atoms with Crippen LogP contribution >= 0.6 is 0 Å². The number of anilines is 3. The molecule has 1 heterocycles. The molecule has 1 saturated heterocycles. The van der Waals surface area contributed by atoms with Gasteiger partial charge in [-0.2, -0.15) is 0 Å². The number of nitrogens with zero attached hydrogens (tertiary/aromatic N) is 2. The summed E-state index contributed by atoms with van der Waals surface area (Å²) in [4.78, 5) is 16.9. The molecule has 2 aromatic rings. The lowest BCUT2D eigenvalue weighted by Crippen LogP contribution is -2.35. The van der Waals surface area contributed by atoms with E-state index in [1.165, 1.54) is 24.9 Å². The summed E-state index contributed by atoms with van der Waals surface area (Å²) in [5.74, 6) is 0.0817. The number of carbonyl (C=O) groups is 1.